The molecule has 1 aliphatic heterocycles. The Balaban J connectivity index is 1.73. The van der Waals surface area contributed by atoms with Gasteiger partial charge in [-0.25, -0.2) is 4.98 Å². The Bertz CT molecular complexity index is 1570. The van der Waals surface area contributed by atoms with E-state index in [0.717, 1.165) is 16.6 Å². The lowest BCUT2D eigenvalue weighted by Gasteiger charge is -2.23. The van der Waals surface area contributed by atoms with E-state index >= 15 is 0 Å². The minimum atomic E-state index is -0.976. The second-order valence-corrected chi connectivity index (χ2v) is 9.44. The maximum absolute atomic E-state index is 13.5. The average Bonchev–Trinajstić information content (AvgIpc) is 3.42. The van der Waals surface area contributed by atoms with E-state index < -0.39 is 23.5 Å². The number of nitrogens with one attached hydrogen (secondary N) is 1. The van der Waals surface area contributed by atoms with Crippen LogP contribution in [0.5, 0.6) is 11.5 Å². The number of halogens is 1. The number of methoxy groups -OCH3 is 1. The minimum Gasteiger partial charge on any atom is -0.507 e. The highest BCUT2D eigenvalue weighted by Crippen LogP contribution is 2.43. The molecule has 0 radical (unpaired) electrons. The van der Waals surface area contributed by atoms with E-state index in [-0.39, 0.29) is 22.1 Å². The van der Waals surface area contributed by atoms with Gasteiger partial charge in [0.25, 0.3) is 5.78 Å². The second kappa shape index (κ2) is 9.87. The smallest absolute Gasteiger partial charge is 0.302 e. The first-order valence-corrected chi connectivity index (χ1v) is 12.5. The molecule has 1 fully saturated rings. The number of fused-ring (bicyclic) bond motifs is 1. The van der Waals surface area contributed by atoms with Crippen LogP contribution in [0, 0.1) is 13.8 Å². The highest BCUT2D eigenvalue weighted by molar-refractivity contribution is 6.51. The lowest BCUT2D eigenvalue weighted by Crippen LogP contribution is -2.30. The molecule has 38 heavy (non-hydrogen) atoms. The standard InChI is InChI=1S/C29H26ClN3O5/c1-5-38-19-10-11-21(30)20(14-19)26(34)24-25(17-6-8-18(37-4)9-7-17)33(28(36)27(24)35)29-31-22-12-15(2)16(3)13-23(22)32-29/h6-14,25,34H,5H2,1-4H3,(H,31,32)/b26-24+. The van der Waals surface area contributed by atoms with Crippen molar-refractivity contribution in [3.05, 3.63) is 87.4 Å². The fourth-order valence-corrected chi connectivity index (χ4v) is 4.82. The summed E-state index contributed by atoms with van der Waals surface area (Å²) < 4.78 is 10.8. The zero-order valence-corrected chi connectivity index (χ0v) is 22.1. The van der Waals surface area contributed by atoms with Gasteiger partial charge in [0.05, 0.1) is 41.4 Å². The molecule has 0 saturated carbocycles. The lowest BCUT2D eigenvalue weighted by atomic mass is 9.95. The van der Waals surface area contributed by atoms with Crippen molar-refractivity contribution in [3.63, 3.8) is 0 Å². The van der Waals surface area contributed by atoms with Crippen LogP contribution in [0.1, 0.15) is 35.2 Å². The molecule has 4 aromatic rings. The molecule has 1 aromatic heterocycles. The van der Waals surface area contributed by atoms with Gasteiger partial charge < -0.3 is 19.6 Å². The Morgan fingerprint density at radius 1 is 1.05 bits per heavy atom. The number of nitrogens with zero attached hydrogens (tertiary/aromatic N) is 2. The molecule has 0 spiro atoms. The number of aryl methyl sites for hydroxylation is 2. The number of aromatic amines is 1. The second-order valence-electron chi connectivity index (χ2n) is 9.03. The van der Waals surface area contributed by atoms with Crippen LogP contribution < -0.4 is 14.4 Å². The number of aliphatic hydroxyl groups is 1. The number of imidazole rings is 1. The minimum absolute atomic E-state index is 0.108. The Kier molecular flexibility index (Phi) is 6.59. The number of H-pyrrole nitrogens is 1. The van der Waals surface area contributed by atoms with E-state index in [1.165, 1.54) is 4.90 Å². The quantitative estimate of drug-likeness (QED) is 0.183. The molecule has 5 rings (SSSR count). The summed E-state index contributed by atoms with van der Waals surface area (Å²) >= 11 is 6.43. The van der Waals surface area contributed by atoms with Gasteiger partial charge in [-0.2, -0.15) is 0 Å². The SMILES string of the molecule is CCOc1ccc(Cl)c(/C(O)=C2\C(=O)C(=O)N(c3nc4cc(C)c(C)cc4[nH]3)C2c2ccc(OC)cc2)c1. The van der Waals surface area contributed by atoms with Gasteiger partial charge in [-0.05, 0) is 79.9 Å². The zero-order chi connectivity index (χ0) is 27.1. The summed E-state index contributed by atoms with van der Waals surface area (Å²) in [5.74, 6) is -0.808. The summed E-state index contributed by atoms with van der Waals surface area (Å²) in [5.41, 5.74) is 4.15. The number of hydrogen-bond acceptors (Lipinski definition) is 6. The predicted molar refractivity (Wildman–Crippen MR) is 146 cm³/mol. The molecule has 9 heteroatoms. The fraction of sp³-hybridized carbons (Fsp3) is 0.207. The number of carbonyl (C=O) groups excluding carboxylic acids is 2. The van der Waals surface area contributed by atoms with E-state index in [9.17, 15) is 14.7 Å². The van der Waals surface area contributed by atoms with Gasteiger partial charge in [0.15, 0.2) is 0 Å². The topological polar surface area (TPSA) is 105 Å². The van der Waals surface area contributed by atoms with Crippen molar-refractivity contribution in [2.75, 3.05) is 18.6 Å². The first-order valence-electron chi connectivity index (χ1n) is 12.1. The summed E-state index contributed by atoms with van der Waals surface area (Å²) in [4.78, 5) is 36.1. The number of hydrogen-bond donors (Lipinski definition) is 2. The van der Waals surface area contributed by atoms with Crippen molar-refractivity contribution < 1.29 is 24.2 Å². The summed E-state index contributed by atoms with van der Waals surface area (Å²) in [5, 5.41) is 11.7. The molecular formula is C29H26ClN3O5. The zero-order valence-electron chi connectivity index (χ0n) is 21.3. The number of aliphatic hydroxyl groups excluding tert-OH is 1. The predicted octanol–water partition coefficient (Wildman–Crippen LogP) is 5.87. The van der Waals surface area contributed by atoms with Gasteiger partial charge in [0.2, 0.25) is 5.95 Å². The Hall–Kier alpha value is -4.30. The molecule has 1 aliphatic rings. The van der Waals surface area contributed by atoms with Crippen molar-refractivity contribution in [3.8, 4) is 11.5 Å². The van der Waals surface area contributed by atoms with E-state index in [0.29, 0.717) is 29.2 Å². The van der Waals surface area contributed by atoms with Crippen LogP contribution in [0.4, 0.5) is 5.95 Å². The number of ether oxygens (including phenoxy) is 2. The maximum atomic E-state index is 13.5. The maximum Gasteiger partial charge on any atom is 0.302 e. The van der Waals surface area contributed by atoms with E-state index in [1.54, 1.807) is 49.6 Å². The van der Waals surface area contributed by atoms with Crippen molar-refractivity contribution in [2.45, 2.75) is 26.8 Å². The number of carbonyl (C=O) groups is 2. The molecule has 1 atom stereocenters. The van der Waals surface area contributed by atoms with Crippen molar-refractivity contribution >= 4 is 46.0 Å². The highest BCUT2D eigenvalue weighted by atomic mass is 35.5. The molecule has 8 nitrogen and oxygen atoms in total. The summed E-state index contributed by atoms with van der Waals surface area (Å²) in [6.07, 6.45) is 0. The third kappa shape index (κ3) is 4.26. The summed E-state index contributed by atoms with van der Waals surface area (Å²) in [6, 6.07) is 14.6. The van der Waals surface area contributed by atoms with Crippen LogP contribution >= 0.6 is 11.6 Å². The highest BCUT2D eigenvalue weighted by Gasteiger charge is 2.48. The van der Waals surface area contributed by atoms with Crippen LogP contribution in [0.15, 0.2) is 60.2 Å². The van der Waals surface area contributed by atoms with Crippen LogP contribution in [0.25, 0.3) is 16.8 Å². The molecule has 2 heterocycles. The normalized spacial score (nSPS) is 16.9. The third-order valence-corrected chi connectivity index (χ3v) is 7.02. The fourth-order valence-electron chi connectivity index (χ4n) is 4.61. The van der Waals surface area contributed by atoms with Crippen molar-refractivity contribution in [2.24, 2.45) is 0 Å². The Morgan fingerprint density at radius 3 is 2.42 bits per heavy atom. The van der Waals surface area contributed by atoms with Crippen LogP contribution in [0.2, 0.25) is 5.02 Å². The van der Waals surface area contributed by atoms with Crippen molar-refractivity contribution in [1.82, 2.24) is 9.97 Å². The Labute approximate surface area is 224 Å². The van der Waals surface area contributed by atoms with Crippen LogP contribution in [0.3, 0.4) is 0 Å². The molecule has 2 N–H and O–H groups in total. The van der Waals surface area contributed by atoms with Gasteiger partial charge in [-0.3, -0.25) is 14.5 Å². The lowest BCUT2D eigenvalue weighted by molar-refractivity contribution is -0.132. The van der Waals surface area contributed by atoms with Gasteiger partial charge in [-0.15, -0.1) is 0 Å². The molecule has 1 unspecified atom stereocenters. The van der Waals surface area contributed by atoms with Gasteiger partial charge in [-0.1, -0.05) is 23.7 Å². The van der Waals surface area contributed by atoms with Crippen LogP contribution in [-0.4, -0.2) is 40.5 Å². The third-order valence-electron chi connectivity index (χ3n) is 6.69. The summed E-state index contributed by atoms with van der Waals surface area (Å²) in [6.45, 7) is 6.20. The summed E-state index contributed by atoms with van der Waals surface area (Å²) in [7, 11) is 1.55. The molecule has 1 amide bonds. The number of aromatic nitrogens is 2. The number of Topliss-reactive ketones (excluding diaryl/α,β-unsaturated/α-hetero) is 1. The Morgan fingerprint density at radius 2 is 1.74 bits per heavy atom. The average molecular weight is 532 g/mol. The van der Waals surface area contributed by atoms with Crippen molar-refractivity contribution in [1.29, 1.82) is 0 Å². The van der Waals surface area contributed by atoms with Gasteiger partial charge in [0, 0.05) is 5.56 Å². The molecule has 3 aromatic carbocycles. The largest absolute Gasteiger partial charge is 0.507 e. The van der Waals surface area contributed by atoms with Gasteiger partial charge >= 0.3 is 5.91 Å². The van der Waals surface area contributed by atoms with E-state index in [4.69, 9.17) is 21.1 Å². The number of amides is 1. The molecule has 194 valence electrons. The molecule has 1 saturated heterocycles. The number of benzene rings is 3. The van der Waals surface area contributed by atoms with Gasteiger partial charge in [0.1, 0.15) is 17.3 Å². The number of ketones is 1. The first kappa shape index (κ1) is 25.4. The molecule has 0 bridgehead atoms. The van der Waals surface area contributed by atoms with Crippen LogP contribution in [-0.2, 0) is 9.59 Å². The molecular weight excluding hydrogens is 506 g/mol. The molecule has 0 aliphatic carbocycles. The van der Waals surface area contributed by atoms with E-state index in [1.807, 2.05) is 32.9 Å². The number of anilines is 1. The van der Waals surface area contributed by atoms with E-state index in [2.05, 4.69) is 9.97 Å². The number of rotatable bonds is 6. The first-order chi connectivity index (χ1) is 18.2. The monoisotopic (exact) mass is 531 g/mol.